The van der Waals surface area contributed by atoms with Crippen LogP contribution in [0, 0.1) is 0 Å². The van der Waals surface area contributed by atoms with Crippen LogP contribution in [0.1, 0.15) is 60.9 Å². The van der Waals surface area contributed by atoms with Gasteiger partial charge in [0.05, 0.1) is 12.3 Å². The van der Waals surface area contributed by atoms with Gasteiger partial charge in [-0.25, -0.2) is 9.78 Å². The Morgan fingerprint density at radius 3 is 2.72 bits per heavy atom. The number of ether oxygens (including phenoxy) is 1. The molecule has 0 spiro atoms. The minimum absolute atomic E-state index is 0.133. The summed E-state index contributed by atoms with van der Waals surface area (Å²) in [6.07, 6.45) is 7.45. The average Bonchev–Trinajstić information content (AvgIpc) is 2.81. The highest BCUT2D eigenvalue weighted by atomic mass is 32.1. The Balaban J connectivity index is 2.02. The summed E-state index contributed by atoms with van der Waals surface area (Å²) in [5, 5.41) is 10.6. The van der Waals surface area contributed by atoms with Gasteiger partial charge in [0.2, 0.25) is 5.01 Å². The van der Waals surface area contributed by atoms with E-state index >= 15 is 0 Å². The number of hydrogen-bond acceptors (Lipinski definition) is 4. The molecule has 0 aliphatic heterocycles. The zero-order valence-electron chi connectivity index (χ0n) is 10.9. The molecule has 102 valence electrons. The summed E-state index contributed by atoms with van der Waals surface area (Å²) in [7, 11) is 0. The molecule has 0 bridgehead atoms. The number of carbonyl (C=O) groups is 1. The van der Waals surface area contributed by atoms with Gasteiger partial charge in [-0.3, -0.25) is 0 Å². The summed E-state index contributed by atoms with van der Waals surface area (Å²) >= 11 is 1.14. The van der Waals surface area contributed by atoms with Crippen molar-refractivity contribution >= 4 is 17.3 Å². The summed E-state index contributed by atoms with van der Waals surface area (Å²) in [5.41, 5.74) is 0.711. The molecule has 1 rings (SSSR count). The molecule has 0 fully saturated rings. The highest BCUT2D eigenvalue weighted by molar-refractivity contribution is 7.11. The first kappa shape index (κ1) is 15.1. The van der Waals surface area contributed by atoms with Gasteiger partial charge in [0.25, 0.3) is 0 Å². The number of thiazole rings is 1. The minimum atomic E-state index is -0.970. The summed E-state index contributed by atoms with van der Waals surface area (Å²) in [4.78, 5) is 14.6. The molecule has 0 unspecified atom stereocenters. The summed E-state index contributed by atoms with van der Waals surface area (Å²) < 4.78 is 5.47. The lowest BCUT2D eigenvalue weighted by Gasteiger charge is -2.02. The van der Waals surface area contributed by atoms with Gasteiger partial charge in [-0.15, -0.1) is 11.3 Å². The Morgan fingerprint density at radius 1 is 1.33 bits per heavy atom. The summed E-state index contributed by atoms with van der Waals surface area (Å²) in [6, 6.07) is 0. The molecule has 1 N–H and O–H groups in total. The van der Waals surface area contributed by atoms with E-state index in [1.54, 1.807) is 5.38 Å². The highest BCUT2D eigenvalue weighted by Gasteiger charge is 2.08. The van der Waals surface area contributed by atoms with E-state index in [1.165, 1.54) is 32.1 Å². The fourth-order valence-electron chi connectivity index (χ4n) is 1.63. The van der Waals surface area contributed by atoms with Gasteiger partial charge in [-0.1, -0.05) is 39.0 Å². The summed E-state index contributed by atoms with van der Waals surface area (Å²) in [5.74, 6) is -0.970. The smallest absolute Gasteiger partial charge is 0.365 e. The number of carboxylic acid groups (broad SMARTS) is 1. The first-order valence-corrected chi connectivity index (χ1v) is 7.37. The Labute approximate surface area is 112 Å². The fourth-order valence-corrected chi connectivity index (χ4v) is 2.27. The Bertz CT molecular complexity index is 352. The third-order valence-electron chi connectivity index (χ3n) is 2.63. The van der Waals surface area contributed by atoms with E-state index in [0.29, 0.717) is 12.3 Å². The van der Waals surface area contributed by atoms with Gasteiger partial charge in [0.1, 0.15) is 0 Å². The number of nitrogens with zero attached hydrogens (tertiary/aromatic N) is 1. The second kappa shape index (κ2) is 9.05. The maximum Gasteiger partial charge on any atom is 0.365 e. The van der Waals surface area contributed by atoms with Crippen LogP contribution in [0.15, 0.2) is 5.38 Å². The quantitative estimate of drug-likeness (QED) is 0.659. The SMILES string of the molecule is CCCCCCCCOCc1csc(C(=O)O)n1. The molecule has 0 radical (unpaired) electrons. The van der Waals surface area contributed by atoms with Crippen molar-refractivity contribution in [2.75, 3.05) is 6.61 Å². The molecule has 1 aromatic heterocycles. The second-order valence-electron chi connectivity index (χ2n) is 4.27. The van der Waals surface area contributed by atoms with Gasteiger partial charge < -0.3 is 9.84 Å². The number of aromatic nitrogens is 1. The normalized spacial score (nSPS) is 10.7. The maximum absolute atomic E-state index is 10.6. The predicted molar refractivity (Wildman–Crippen MR) is 72.1 cm³/mol. The molecule has 5 heteroatoms. The Morgan fingerprint density at radius 2 is 2.06 bits per heavy atom. The number of carboxylic acids is 1. The standard InChI is InChI=1S/C13H21NO3S/c1-2-3-4-5-6-7-8-17-9-11-10-18-12(14-11)13(15)16/h10H,2-9H2,1H3,(H,15,16). The molecule has 0 saturated heterocycles. The van der Waals surface area contributed by atoms with Crippen molar-refractivity contribution in [3.63, 3.8) is 0 Å². The van der Waals surface area contributed by atoms with Crippen LogP contribution < -0.4 is 0 Å². The van der Waals surface area contributed by atoms with Crippen LogP contribution >= 0.6 is 11.3 Å². The molecule has 1 aromatic rings. The van der Waals surface area contributed by atoms with Crippen molar-refractivity contribution < 1.29 is 14.6 Å². The van der Waals surface area contributed by atoms with Gasteiger partial charge in [-0.2, -0.15) is 0 Å². The van der Waals surface area contributed by atoms with Crippen LogP contribution in [0.2, 0.25) is 0 Å². The van der Waals surface area contributed by atoms with Crippen LogP contribution in [0.4, 0.5) is 0 Å². The van der Waals surface area contributed by atoms with Crippen LogP contribution in [0.5, 0.6) is 0 Å². The average molecular weight is 271 g/mol. The lowest BCUT2D eigenvalue weighted by Crippen LogP contribution is -1.98. The monoisotopic (exact) mass is 271 g/mol. The Kier molecular flexibility index (Phi) is 7.60. The molecule has 0 amide bonds. The lowest BCUT2D eigenvalue weighted by atomic mass is 10.1. The number of hydrogen-bond donors (Lipinski definition) is 1. The number of rotatable bonds is 10. The van der Waals surface area contributed by atoms with E-state index in [1.807, 2.05) is 0 Å². The first-order chi connectivity index (χ1) is 8.74. The topological polar surface area (TPSA) is 59.4 Å². The van der Waals surface area contributed by atoms with E-state index in [0.717, 1.165) is 24.4 Å². The molecule has 0 aliphatic carbocycles. The molecule has 0 atom stereocenters. The molecule has 18 heavy (non-hydrogen) atoms. The largest absolute Gasteiger partial charge is 0.476 e. The number of unbranched alkanes of at least 4 members (excludes halogenated alkanes) is 5. The van der Waals surface area contributed by atoms with Crippen molar-refractivity contribution in [1.82, 2.24) is 4.98 Å². The van der Waals surface area contributed by atoms with Crippen LogP contribution in [-0.2, 0) is 11.3 Å². The lowest BCUT2D eigenvalue weighted by molar-refractivity contribution is 0.0695. The second-order valence-corrected chi connectivity index (χ2v) is 5.13. The minimum Gasteiger partial charge on any atom is -0.476 e. The Hall–Kier alpha value is -0.940. The van der Waals surface area contributed by atoms with Crippen molar-refractivity contribution in [3.8, 4) is 0 Å². The molecule has 4 nitrogen and oxygen atoms in total. The molecular formula is C13H21NO3S. The third-order valence-corrected chi connectivity index (χ3v) is 3.51. The highest BCUT2D eigenvalue weighted by Crippen LogP contribution is 2.11. The predicted octanol–water partition coefficient (Wildman–Crippen LogP) is 3.72. The molecule has 0 aromatic carbocycles. The molecule has 0 aliphatic rings. The van der Waals surface area contributed by atoms with Crippen molar-refractivity contribution in [2.45, 2.75) is 52.1 Å². The zero-order chi connectivity index (χ0) is 13.2. The molecule has 1 heterocycles. The van der Waals surface area contributed by atoms with Crippen molar-refractivity contribution in [3.05, 3.63) is 16.1 Å². The van der Waals surface area contributed by atoms with E-state index in [-0.39, 0.29) is 5.01 Å². The third kappa shape index (κ3) is 6.12. The fraction of sp³-hybridized carbons (Fsp3) is 0.692. The van der Waals surface area contributed by atoms with Crippen LogP contribution in [0.3, 0.4) is 0 Å². The van der Waals surface area contributed by atoms with Crippen LogP contribution in [-0.4, -0.2) is 22.7 Å². The van der Waals surface area contributed by atoms with E-state index in [4.69, 9.17) is 9.84 Å². The van der Waals surface area contributed by atoms with E-state index in [2.05, 4.69) is 11.9 Å². The van der Waals surface area contributed by atoms with E-state index < -0.39 is 5.97 Å². The van der Waals surface area contributed by atoms with Crippen LogP contribution in [0.25, 0.3) is 0 Å². The van der Waals surface area contributed by atoms with Gasteiger partial charge in [0.15, 0.2) is 0 Å². The van der Waals surface area contributed by atoms with Gasteiger partial charge >= 0.3 is 5.97 Å². The van der Waals surface area contributed by atoms with Crippen molar-refractivity contribution in [2.24, 2.45) is 0 Å². The van der Waals surface area contributed by atoms with Gasteiger partial charge in [-0.05, 0) is 6.42 Å². The van der Waals surface area contributed by atoms with Crippen molar-refractivity contribution in [1.29, 1.82) is 0 Å². The van der Waals surface area contributed by atoms with E-state index in [9.17, 15) is 4.79 Å². The first-order valence-electron chi connectivity index (χ1n) is 6.49. The molecule has 0 saturated carbocycles. The maximum atomic E-state index is 10.6. The number of aromatic carboxylic acids is 1. The zero-order valence-corrected chi connectivity index (χ0v) is 11.7. The molecular weight excluding hydrogens is 250 g/mol. The van der Waals surface area contributed by atoms with Gasteiger partial charge in [0, 0.05) is 12.0 Å². The summed E-state index contributed by atoms with van der Waals surface area (Å²) in [6.45, 7) is 3.35.